The van der Waals surface area contributed by atoms with Crippen LogP contribution < -0.4 is 5.73 Å². The Bertz CT molecular complexity index is 452. The third-order valence-corrected chi connectivity index (χ3v) is 5.26. The molecule has 2 unspecified atom stereocenters. The first-order chi connectivity index (χ1) is 10.3. The quantitative estimate of drug-likeness (QED) is 0.869. The number of hydrogen-bond donors (Lipinski definition) is 1. The number of nitrogens with two attached hydrogens (primary N) is 1. The predicted octanol–water partition coefficient (Wildman–Crippen LogP) is 2.07. The molecule has 3 rings (SSSR count). The Morgan fingerprint density at radius 2 is 1.95 bits per heavy atom. The van der Waals surface area contributed by atoms with Crippen LogP contribution in [-0.2, 0) is 6.42 Å². The van der Waals surface area contributed by atoms with Gasteiger partial charge >= 0.3 is 0 Å². The van der Waals surface area contributed by atoms with Crippen molar-refractivity contribution in [2.24, 2.45) is 5.73 Å². The van der Waals surface area contributed by atoms with Crippen molar-refractivity contribution in [1.29, 1.82) is 0 Å². The van der Waals surface area contributed by atoms with Gasteiger partial charge in [0, 0.05) is 51.2 Å². The average molecular weight is 287 g/mol. The van der Waals surface area contributed by atoms with Gasteiger partial charge in [0.15, 0.2) is 0 Å². The fourth-order valence-electron chi connectivity index (χ4n) is 3.93. The van der Waals surface area contributed by atoms with E-state index in [2.05, 4.69) is 41.0 Å². The maximum atomic E-state index is 5.93. The lowest BCUT2D eigenvalue weighted by Gasteiger charge is -2.41. The topological polar surface area (TPSA) is 32.5 Å². The zero-order valence-electron chi connectivity index (χ0n) is 13.3. The summed E-state index contributed by atoms with van der Waals surface area (Å²) < 4.78 is 0. The summed E-state index contributed by atoms with van der Waals surface area (Å²) in [5.74, 6) is 0.772. The molecule has 2 aliphatic rings. The van der Waals surface area contributed by atoms with Crippen molar-refractivity contribution in [3.05, 3.63) is 35.4 Å². The van der Waals surface area contributed by atoms with Crippen molar-refractivity contribution in [2.75, 3.05) is 39.3 Å². The maximum absolute atomic E-state index is 5.93. The van der Waals surface area contributed by atoms with Crippen LogP contribution >= 0.6 is 0 Å². The maximum Gasteiger partial charge on any atom is 0.0219 e. The molecule has 3 nitrogen and oxygen atoms in total. The minimum absolute atomic E-state index is 0.599. The van der Waals surface area contributed by atoms with Gasteiger partial charge in [-0.25, -0.2) is 0 Å². The minimum atomic E-state index is 0.599. The largest absolute Gasteiger partial charge is 0.329 e. The molecule has 21 heavy (non-hydrogen) atoms. The van der Waals surface area contributed by atoms with Gasteiger partial charge in [0.05, 0.1) is 0 Å². The van der Waals surface area contributed by atoms with E-state index in [0.717, 1.165) is 12.5 Å². The number of nitrogens with zero attached hydrogens (tertiary/aromatic N) is 2. The van der Waals surface area contributed by atoms with Crippen LogP contribution in [0.15, 0.2) is 24.3 Å². The Kier molecular flexibility index (Phi) is 4.94. The summed E-state index contributed by atoms with van der Waals surface area (Å²) in [5.41, 5.74) is 9.08. The molecule has 1 aromatic carbocycles. The van der Waals surface area contributed by atoms with Crippen LogP contribution in [0.1, 0.15) is 36.8 Å². The SMILES string of the molecule is CCCC(CN)N1CCN(CC2Cc3ccccc32)CC1. The van der Waals surface area contributed by atoms with E-state index in [1.54, 1.807) is 11.1 Å². The van der Waals surface area contributed by atoms with E-state index in [1.165, 1.54) is 52.0 Å². The van der Waals surface area contributed by atoms with Gasteiger partial charge in [-0.2, -0.15) is 0 Å². The Hall–Kier alpha value is -0.900. The Morgan fingerprint density at radius 3 is 2.62 bits per heavy atom. The van der Waals surface area contributed by atoms with Gasteiger partial charge in [-0.1, -0.05) is 37.6 Å². The standard InChI is InChI=1S/C18H29N3/c1-2-5-17(13-19)21-10-8-20(9-11-21)14-16-12-15-6-3-4-7-18(15)16/h3-4,6-7,16-17H,2,5,8-14,19H2,1H3. The molecule has 0 radical (unpaired) electrons. The van der Waals surface area contributed by atoms with Gasteiger partial charge in [-0.3, -0.25) is 4.90 Å². The fraction of sp³-hybridized carbons (Fsp3) is 0.667. The van der Waals surface area contributed by atoms with Crippen LogP contribution in [0.2, 0.25) is 0 Å². The molecule has 1 aliphatic carbocycles. The molecule has 1 heterocycles. The Labute approximate surface area is 129 Å². The van der Waals surface area contributed by atoms with Crippen LogP contribution in [0.25, 0.3) is 0 Å². The van der Waals surface area contributed by atoms with Crippen LogP contribution in [-0.4, -0.2) is 55.1 Å². The third kappa shape index (κ3) is 3.31. The third-order valence-electron chi connectivity index (χ3n) is 5.26. The number of fused-ring (bicyclic) bond motifs is 1. The predicted molar refractivity (Wildman–Crippen MR) is 88.7 cm³/mol. The molecule has 0 amide bonds. The first-order valence-corrected chi connectivity index (χ1v) is 8.56. The summed E-state index contributed by atoms with van der Waals surface area (Å²) in [5, 5.41) is 0. The lowest BCUT2D eigenvalue weighted by Crippen LogP contribution is -2.53. The van der Waals surface area contributed by atoms with Gasteiger partial charge in [-0.15, -0.1) is 0 Å². The van der Waals surface area contributed by atoms with Gasteiger partial charge < -0.3 is 10.6 Å². The summed E-state index contributed by atoms with van der Waals surface area (Å²) in [4.78, 5) is 5.26. The number of piperazine rings is 1. The molecule has 1 aromatic rings. The molecule has 2 atom stereocenters. The molecule has 0 saturated carbocycles. The summed E-state index contributed by atoms with van der Waals surface area (Å²) >= 11 is 0. The van der Waals surface area contributed by atoms with Crippen LogP contribution in [0, 0.1) is 0 Å². The minimum Gasteiger partial charge on any atom is -0.329 e. The zero-order chi connectivity index (χ0) is 14.7. The van der Waals surface area contributed by atoms with E-state index in [0.29, 0.717) is 6.04 Å². The molecular weight excluding hydrogens is 258 g/mol. The van der Waals surface area contributed by atoms with Crippen molar-refractivity contribution in [3.63, 3.8) is 0 Å². The second-order valence-corrected chi connectivity index (χ2v) is 6.61. The van der Waals surface area contributed by atoms with Crippen LogP contribution in [0.3, 0.4) is 0 Å². The average Bonchev–Trinajstić information content (AvgIpc) is 2.51. The van der Waals surface area contributed by atoms with Gasteiger partial charge in [-0.05, 0) is 24.0 Å². The Balaban J connectivity index is 1.47. The lowest BCUT2D eigenvalue weighted by molar-refractivity contribution is 0.0892. The van der Waals surface area contributed by atoms with Crippen molar-refractivity contribution in [2.45, 2.75) is 38.1 Å². The van der Waals surface area contributed by atoms with E-state index in [1.807, 2.05) is 0 Å². The molecule has 1 fully saturated rings. The first-order valence-electron chi connectivity index (χ1n) is 8.56. The zero-order valence-corrected chi connectivity index (χ0v) is 13.3. The first kappa shape index (κ1) is 15.0. The van der Waals surface area contributed by atoms with E-state index in [-0.39, 0.29) is 0 Å². The lowest BCUT2D eigenvalue weighted by atomic mass is 9.77. The molecular formula is C18H29N3. The summed E-state index contributed by atoms with van der Waals surface area (Å²) in [6, 6.07) is 9.53. The molecule has 0 bridgehead atoms. The van der Waals surface area contributed by atoms with Gasteiger partial charge in [0.25, 0.3) is 0 Å². The number of hydrogen-bond acceptors (Lipinski definition) is 3. The summed E-state index contributed by atoms with van der Waals surface area (Å²) in [6.45, 7) is 9.10. The summed E-state index contributed by atoms with van der Waals surface area (Å²) in [7, 11) is 0. The number of rotatable bonds is 6. The van der Waals surface area contributed by atoms with Crippen LogP contribution in [0.5, 0.6) is 0 Å². The highest BCUT2D eigenvalue weighted by atomic mass is 15.3. The summed E-state index contributed by atoms with van der Waals surface area (Å²) in [6.07, 6.45) is 3.76. The Morgan fingerprint density at radius 1 is 1.19 bits per heavy atom. The van der Waals surface area contributed by atoms with E-state index in [9.17, 15) is 0 Å². The second-order valence-electron chi connectivity index (χ2n) is 6.61. The van der Waals surface area contributed by atoms with E-state index >= 15 is 0 Å². The van der Waals surface area contributed by atoms with E-state index in [4.69, 9.17) is 5.73 Å². The molecule has 2 N–H and O–H groups in total. The molecule has 116 valence electrons. The van der Waals surface area contributed by atoms with Crippen LogP contribution in [0.4, 0.5) is 0 Å². The smallest absolute Gasteiger partial charge is 0.0219 e. The second kappa shape index (κ2) is 6.91. The molecule has 1 saturated heterocycles. The molecule has 0 spiro atoms. The number of benzene rings is 1. The highest BCUT2D eigenvalue weighted by molar-refractivity contribution is 5.40. The molecule has 3 heteroatoms. The molecule has 0 aromatic heterocycles. The van der Waals surface area contributed by atoms with E-state index < -0.39 is 0 Å². The van der Waals surface area contributed by atoms with Crippen molar-refractivity contribution >= 4 is 0 Å². The molecule has 1 aliphatic heterocycles. The fourth-order valence-corrected chi connectivity index (χ4v) is 3.93. The van der Waals surface area contributed by atoms with Crippen molar-refractivity contribution in [3.8, 4) is 0 Å². The highest BCUT2D eigenvalue weighted by Crippen LogP contribution is 2.35. The monoisotopic (exact) mass is 287 g/mol. The normalized spacial score (nSPS) is 24.4. The highest BCUT2D eigenvalue weighted by Gasteiger charge is 2.29. The van der Waals surface area contributed by atoms with Gasteiger partial charge in [0.1, 0.15) is 0 Å². The van der Waals surface area contributed by atoms with Crippen molar-refractivity contribution < 1.29 is 0 Å². The van der Waals surface area contributed by atoms with Crippen molar-refractivity contribution in [1.82, 2.24) is 9.80 Å². The van der Waals surface area contributed by atoms with Gasteiger partial charge in [0.2, 0.25) is 0 Å².